The average molecular weight is 396 g/mol. The molecule has 1 atom stereocenters. The fraction of sp³-hybridized carbons (Fsp3) is 0.391. The van der Waals surface area contributed by atoms with Gasteiger partial charge in [0.05, 0.1) is 13.7 Å². The molecule has 2 aromatic carbocycles. The van der Waals surface area contributed by atoms with Crippen molar-refractivity contribution in [2.75, 3.05) is 20.3 Å². The summed E-state index contributed by atoms with van der Waals surface area (Å²) >= 11 is 0. The predicted molar refractivity (Wildman–Crippen MR) is 111 cm³/mol. The highest BCUT2D eigenvalue weighted by Crippen LogP contribution is 2.25. The molecule has 1 saturated heterocycles. The summed E-state index contributed by atoms with van der Waals surface area (Å²) in [6.07, 6.45) is 2.86. The molecular weight excluding hydrogens is 368 g/mol. The van der Waals surface area contributed by atoms with Gasteiger partial charge in [-0.3, -0.25) is 9.59 Å². The summed E-state index contributed by atoms with van der Waals surface area (Å²) in [5, 5.41) is 2.93. The number of carbonyl (C=O) groups excluding carboxylic acids is 2. The van der Waals surface area contributed by atoms with Gasteiger partial charge in [-0.25, -0.2) is 0 Å². The molecule has 1 aliphatic rings. The van der Waals surface area contributed by atoms with E-state index < -0.39 is 6.04 Å². The highest BCUT2D eigenvalue weighted by atomic mass is 16.5. The van der Waals surface area contributed by atoms with Crippen LogP contribution in [0.15, 0.2) is 54.6 Å². The number of nitrogens with one attached hydrogen (secondary N) is 1. The first-order valence-corrected chi connectivity index (χ1v) is 10.1. The minimum atomic E-state index is -0.448. The molecule has 0 saturated carbocycles. The highest BCUT2D eigenvalue weighted by molar-refractivity contribution is 5.88. The Kier molecular flexibility index (Phi) is 7.50. The molecule has 1 heterocycles. The van der Waals surface area contributed by atoms with Crippen molar-refractivity contribution in [2.45, 2.75) is 38.3 Å². The third kappa shape index (κ3) is 5.73. The number of para-hydroxylation sites is 2. The first kappa shape index (κ1) is 20.7. The zero-order chi connectivity index (χ0) is 20.5. The maximum Gasteiger partial charge on any atom is 0.242 e. The summed E-state index contributed by atoms with van der Waals surface area (Å²) < 4.78 is 11.0. The fourth-order valence-corrected chi connectivity index (χ4v) is 3.53. The molecule has 1 unspecified atom stereocenters. The lowest BCUT2D eigenvalue weighted by Gasteiger charge is -2.29. The normalized spacial score (nSPS) is 16.8. The minimum absolute atomic E-state index is 0.0387. The van der Waals surface area contributed by atoms with Crippen LogP contribution in [0.5, 0.6) is 11.5 Å². The Balaban J connectivity index is 1.57. The summed E-state index contributed by atoms with van der Waals surface area (Å²) in [6, 6.07) is 16.7. The van der Waals surface area contributed by atoms with Crippen LogP contribution in [0.4, 0.5) is 0 Å². The number of methoxy groups -OCH3 is 1. The number of benzene rings is 2. The fourth-order valence-electron chi connectivity index (χ4n) is 3.53. The molecule has 1 N–H and O–H groups in total. The van der Waals surface area contributed by atoms with Gasteiger partial charge in [0.25, 0.3) is 0 Å². The number of carbonyl (C=O) groups is 2. The first-order valence-electron chi connectivity index (χ1n) is 10.1. The Labute approximate surface area is 171 Å². The number of ether oxygens (including phenoxy) is 2. The Morgan fingerprint density at radius 2 is 1.79 bits per heavy atom. The monoisotopic (exact) mass is 396 g/mol. The van der Waals surface area contributed by atoms with Crippen molar-refractivity contribution in [3.63, 3.8) is 0 Å². The van der Waals surface area contributed by atoms with Crippen LogP contribution in [0, 0.1) is 0 Å². The van der Waals surface area contributed by atoms with E-state index in [2.05, 4.69) is 5.32 Å². The van der Waals surface area contributed by atoms with Crippen molar-refractivity contribution >= 4 is 11.8 Å². The van der Waals surface area contributed by atoms with Crippen LogP contribution in [-0.2, 0) is 16.1 Å². The molecular formula is C23H28N2O4. The van der Waals surface area contributed by atoms with Crippen LogP contribution in [0.2, 0.25) is 0 Å². The van der Waals surface area contributed by atoms with E-state index in [0.29, 0.717) is 44.0 Å². The van der Waals surface area contributed by atoms with Crippen molar-refractivity contribution in [3.05, 3.63) is 60.2 Å². The standard InChI is InChI=1S/C23H28N2O4/c1-28-20-12-6-7-13-21(20)29-16-15-24-23(27)19-11-5-8-14-22(26)25(19)17-18-9-3-2-4-10-18/h2-4,6-7,9-10,12-13,19H,5,8,11,14-17H2,1H3,(H,24,27). The number of hydrogen-bond donors (Lipinski definition) is 1. The van der Waals surface area contributed by atoms with Crippen molar-refractivity contribution in [1.82, 2.24) is 10.2 Å². The molecule has 3 rings (SSSR count). The third-order valence-corrected chi connectivity index (χ3v) is 5.04. The molecule has 0 radical (unpaired) electrons. The molecule has 0 bridgehead atoms. The minimum Gasteiger partial charge on any atom is -0.493 e. The molecule has 0 aromatic heterocycles. The second kappa shape index (κ2) is 10.5. The van der Waals surface area contributed by atoms with Gasteiger partial charge in [0.15, 0.2) is 11.5 Å². The van der Waals surface area contributed by atoms with E-state index in [4.69, 9.17) is 9.47 Å². The van der Waals surface area contributed by atoms with E-state index in [0.717, 1.165) is 18.4 Å². The second-order valence-corrected chi connectivity index (χ2v) is 7.06. The number of amides is 2. The van der Waals surface area contributed by atoms with Crippen LogP contribution in [0.25, 0.3) is 0 Å². The van der Waals surface area contributed by atoms with Gasteiger partial charge < -0.3 is 19.7 Å². The van der Waals surface area contributed by atoms with Crippen LogP contribution in [0.3, 0.4) is 0 Å². The molecule has 1 fully saturated rings. The lowest BCUT2D eigenvalue weighted by atomic mass is 10.1. The van der Waals surface area contributed by atoms with Crippen molar-refractivity contribution in [1.29, 1.82) is 0 Å². The van der Waals surface area contributed by atoms with Gasteiger partial charge in [0.1, 0.15) is 12.6 Å². The molecule has 2 aromatic rings. The van der Waals surface area contributed by atoms with Gasteiger partial charge in [-0.2, -0.15) is 0 Å². The first-order chi connectivity index (χ1) is 14.2. The number of nitrogens with zero attached hydrogens (tertiary/aromatic N) is 1. The Hall–Kier alpha value is -3.02. The summed E-state index contributed by atoms with van der Waals surface area (Å²) in [7, 11) is 1.59. The maximum atomic E-state index is 12.8. The van der Waals surface area contributed by atoms with Crippen LogP contribution < -0.4 is 14.8 Å². The smallest absolute Gasteiger partial charge is 0.242 e. The largest absolute Gasteiger partial charge is 0.493 e. The van der Waals surface area contributed by atoms with E-state index in [-0.39, 0.29) is 11.8 Å². The van der Waals surface area contributed by atoms with Gasteiger partial charge >= 0.3 is 0 Å². The van der Waals surface area contributed by atoms with E-state index in [1.165, 1.54) is 0 Å². The van der Waals surface area contributed by atoms with E-state index >= 15 is 0 Å². The van der Waals surface area contributed by atoms with Crippen molar-refractivity contribution < 1.29 is 19.1 Å². The van der Waals surface area contributed by atoms with Crippen LogP contribution >= 0.6 is 0 Å². The summed E-state index contributed by atoms with van der Waals surface area (Å²) in [5.74, 6) is 1.21. The number of likely N-dealkylation sites (tertiary alicyclic amines) is 1. The van der Waals surface area contributed by atoms with Gasteiger partial charge in [-0.15, -0.1) is 0 Å². The SMILES string of the molecule is COc1ccccc1OCCNC(=O)C1CCCCC(=O)N1Cc1ccccc1. The summed E-state index contributed by atoms with van der Waals surface area (Å²) in [4.78, 5) is 27.2. The molecule has 1 aliphatic heterocycles. The van der Waals surface area contributed by atoms with Gasteiger partial charge in [0, 0.05) is 13.0 Å². The lowest BCUT2D eigenvalue weighted by molar-refractivity contribution is -0.140. The van der Waals surface area contributed by atoms with E-state index in [1.807, 2.05) is 54.6 Å². The molecule has 6 nitrogen and oxygen atoms in total. The number of hydrogen-bond acceptors (Lipinski definition) is 4. The van der Waals surface area contributed by atoms with Gasteiger partial charge in [-0.05, 0) is 30.5 Å². The summed E-state index contributed by atoms with van der Waals surface area (Å²) in [6.45, 7) is 1.14. The topological polar surface area (TPSA) is 67.9 Å². The molecule has 0 spiro atoms. The Bertz CT molecular complexity index is 810. The van der Waals surface area contributed by atoms with Crippen molar-refractivity contribution in [3.8, 4) is 11.5 Å². The van der Waals surface area contributed by atoms with E-state index in [1.54, 1.807) is 12.0 Å². The Morgan fingerprint density at radius 3 is 2.55 bits per heavy atom. The third-order valence-electron chi connectivity index (χ3n) is 5.04. The average Bonchev–Trinajstić information content (AvgIpc) is 2.93. The van der Waals surface area contributed by atoms with E-state index in [9.17, 15) is 9.59 Å². The lowest BCUT2D eigenvalue weighted by Crippen LogP contribution is -2.49. The summed E-state index contributed by atoms with van der Waals surface area (Å²) in [5.41, 5.74) is 1.03. The van der Waals surface area contributed by atoms with Gasteiger partial charge in [-0.1, -0.05) is 48.9 Å². The molecule has 0 aliphatic carbocycles. The highest BCUT2D eigenvalue weighted by Gasteiger charge is 2.31. The Morgan fingerprint density at radius 1 is 1.07 bits per heavy atom. The molecule has 2 amide bonds. The molecule has 29 heavy (non-hydrogen) atoms. The second-order valence-electron chi connectivity index (χ2n) is 7.06. The maximum absolute atomic E-state index is 12.8. The predicted octanol–water partition coefficient (Wildman–Crippen LogP) is 3.16. The molecule has 154 valence electrons. The van der Waals surface area contributed by atoms with Gasteiger partial charge in [0.2, 0.25) is 11.8 Å². The van der Waals surface area contributed by atoms with Crippen LogP contribution in [-0.4, -0.2) is 43.0 Å². The quantitative estimate of drug-likeness (QED) is 0.696. The number of rotatable bonds is 8. The zero-order valence-corrected chi connectivity index (χ0v) is 16.8. The van der Waals surface area contributed by atoms with Crippen LogP contribution in [0.1, 0.15) is 31.2 Å². The zero-order valence-electron chi connectivity index (χ0n) is 16.8. The van der Waals surface area contributed by atoms with Crippen molar-refractivity contribution in [2.24, 2.45) is 0 Å². The molecule has 6 heteroatoms.